The van der Waals surface area contributed by atoms with E-state index in [2.05, 4.69) is 15.4 Å². The van der Waals surface area contributed by atoms with E-state index in [1.54, 1.807) is 17.2 Å². The summed E-state index contributed by atoms with van der Waals surface area (Å²) < 4.78 is 12.1. The fourth-order valence-electron chi connectivity index (χ4n) is 3.45. The molecule has 1 amide bonds. The lowest BCUT2D eigenvalue weighted by atomic mass is 10.2. The van der Waals surface area contributed by atoms with E-state index in [9.17, 15) is 9.59 Å². The first-order valence-corrected chi connectivity index (χ1v) is 11.7. The second-order valence-electron chi connectivity index (χ2n) is 7.87. The van der Waals surface area contributed by atoms with Gasteiger partial charge in [-0.05, 0) is 49.2 Å². The minimum atomic E-state index is -0.651. The van der Waals surface area contributed by atoms with Gasteiger partial charge in [-0.3, -0.25) is 4.79 Å². The fraction of sp³-hybridized carbons (Fsp3) is 0.200. The summed E-state index contributed by atoms with van der Waals surface area (Å²) in [6.45, 7) is -0.424. The molecule has 1 fully saturated rings. The van der Waals surface area contributed by atoms with Gasteiger partial charge < -0.3 is 14.8 Å². The quantitative estimate of drug-likeness (QED) is 0.373. The molecule has 0 aliphatic heterocycles. The number of amides is 1. The number of para-hydroxylation sites is 1. The molecule has 1 aliphatic rings. The summed E-state index contributed by atoms with van der Waals surface area (Å²) in [5, 5.41) is 9.77. The first kappa shape index (κ1) is 21.8. The Labute approximate surface area is 200 Å². The summed E-state index contributed by atoms with van der Waals surface area (Å²) >= 11 is 1.33. The predicted octanol–water partition coefficient (Wildman–Crippen LogP) is 4.68. The Morgan fingerprint density at radius 2 is 1.88 bits per heavy atom. The normalized spacial score (nSPS) is 12.9. The molecule has 172 valence electrons. The molecule has 0 unspecified atom stereocenters. The smallest absolute Gasteiger partial charge is 0.358 e. The molecule has 0 bridgehead atoms. The van der Waals surface area contributed by atoms with Crippen LogP contribution in [-0.4, -0.2) is 40.4 Å². The van der Waals surface area contributed by atoms with Crippen molar-refractivity contribution in [1.29, 1.82) is 0 Å². The van der Waals surface area contributed by atoms with Crippen LogP contribution in [0.2, 0.25) is 0 Å². The number of thiazole rings is 1. The number of rotatable bonds is 8. The van der Waals surface area contributed by atoms with Gasteiger partial charge in [0.1, 0.15) is 16.6 Å². The Bertz CT molecular complexity index is 1310. The van der Waals surface area contributed by atoms with Crippen molar-refractivity contribution in [2.24, 2.45) is 0 Å². The lowest BCUT2D eigenvalue weighted by Crippen LogP contribution is -2.22. The highest BCUT2D eigenvalue weighted by Gasteiger charge is 2.28. The predicted molar refractivity (Wildman–Crippen MR) is 129 cm³/mol. The highest BCUT2D eigenvalue weighted by Crippen LogP contribution is 2.40. The number of nitrogens with one attached hydrogen (secondary N) is 1. The van der Waals surface area contributed by atoms with Crippen molar-refractivity contribution < 1.29 is 19.1 Å². The second kappa shape index (κ2) is 9.48. The summed E-state index contributed by atoms with van der Waals surface area (Å²) in [4.78, 5) is 29.3. The van der Waals surface area contributed by atoms with E-state index >= 15 is 0 Å². The molecule has 0 atom stereocenters. The number of carbonyl (C=O) groups excluding carboxylic acids is 2. The number of benzene rings is 2. The zero-order valence-corrected chi connectivity index (χ0v) is 19.2. The van der Waals surface area contributed by atoms with E-state index < -0.39 is 18.5 Å². The maximum absolute atomic E-state index is 12.6. The van der Waals surface area contributed by atoms with Crippen LogP contribution in [0.25, 0.3) is 16.3 Å². The van der Waals surface area contributed by atoms with Crippen LogP contribution in [0.5, 0.6) is 5.75 Å². The molecule has 4 aromatic rings. The van der Waals surface area contributed by atoms with E-state index in [4.69, 9.17) is 9.47 Å². The molecule has 5 rings (SSSR count). The standard InChI is InChI=1S/C25H22N4O4S/c1-32-19-11-9-17(10-12-19)24-26-21(15-34-24)25(31)33-14-23(30)27-22-13-20(16-7-8-16)28-29(22)18-5-3-2-4-6-18/h2-6,9-13,15-16H,7-8,14H2,1H3,(H,27,30). The van der Waals surface area contributed by atoms with Gasteiger partial charge >= 0.3 is 5.97 Å². The van der Waals surface area contributed by atoms with E-state index in [1.165, 1.54) is 11.3 Å². The van der Waals surface area contributed by atoms with Gasteiger partial charge in [-0.1, -0.05) is 18.2 Å². The molecule has 8 nitrogen and oxygen atoms in total. The molecule has 0 spiro atoms. The van der Waals surface area contributed by atoms with Crippen LogP contribution >= 0.6 is 11.3 Å². The summed E-state index contributed by atoms with van der Waals surface area (Å²) in [7, 11) is 1.60. The molecule has 9 heteroatoms. The topological polar surface area (TPSA) is 95.3 Å². The van der Waals surface area contributed by atoms with Crippen molar-refractivity contribution in [2.75, 3.05) is 19.0 Å². The molecule has 2 aromatic heterocycles. The Balaban J connectivity index is 1.22. The van der Waals surface area contributed by atoms with Crippen molar-refractivity contribution in [3.63, 3.8) is 0 Å². The third-order valence-corrected chi connectivity index (χ3v) is 6.27. The first-order chi connectivity index (χ1) is 16.6. The van der Waals surface area contributed by atoms with Crippen LogP contribution in [0.3, 0.4) is 0 Å². The van der Waals surface area contributed by atoms with Gasteiger partial charge in [0.2, 0.25) is 0 Å². The molecule has 1 aliphatic carbocycles. The van der Waals surface area contributed by atoms with Crippen molar-refractivity contribution >= 4 is 29.0 Å². The second-order valence-corrected chi connectivity index (χ2v) is 8.72. The summed E-state index contributed by atoms with van der Waals surface area (Å²) in [6, 6.07) is 18.9. The molecule has 1 N–H and O–H groups in total. The third-order valence-electron chi connectivity index (χ3n) is 5.38. The third kappa shape index (κ3) is 4.84. The summed E-state index contributed by atoms with van der Waals surface area (Å²) in [5.41, 5.74) is 2.82. The summed E-state index contributed by atoms with van der Waals surface area (Å²) in [6.07, 6.45) is 2.20. The largest absolute Gasteiger partial charge is 0.497 e. The lowest BCUT2D eigenvalue weighted by Gasteiger charge is -2.09. The van der Waals surface area contributed by atoms with Crippen LogP contribution in [0.4, 0.5) is 5.82 Å². The van der Waals surface area contributed by atoms with Crippen molar-refractivity contribution in [2.45, 2.75) is 18.8 Å². The Hall–Kier alpha value is -3.98. The number of ether oxygens (including phenoxy) is 2. The van der Waals surface area contributed by atoms with Gasteiger partial charge in [0, 0.05) is 22.9 Å². The number of nitrogens with zero attached hydrogens (tertiary/aromatic N) is 3. The van der Waals surface area contributed by atoms with Crippen LogP contribution in [0, 0.1) is 0 Å². The van der Waals surface area contributed by atoms with Crippen molar-refractivity contribution in [3.8, 4) is 22.0 Å². The summed E-state index contributed by atoms with van der Waals surface area (Å²) in [5.74, 6) is 0.621. The van der Waals surface area contributed by atoms with Gasteiger partial charge in [0.25, 0.3) is 5.91 Å². The SMILES string of the molecule is COc1ccc(-c2nc(C(=O)OCC(=O)Nc3cc(C4CC4)nn3-c3ccccc3)cs2)cc1. The van der Waals surface area contributed by atoms with Gasteiger partial charge in [-0.2, -0.15) is 5.10 Å². The average molecular weight is 475 g/mol. The number of anilines is 1. The Morgan fingerprint density at radius 1 is 1.12 bits per heavy atom. The lowest BCUT2D eigenvalue weighted by molar-refractivity contribution is -0.119. The van der Waals surface area contributed by atoms with E-state index in [-0.39, 0.29) is 5.69 Å². The number of esters is 1. The van der Waals surface area contributed by atoms with Crippen LogP contribution in [0.1, 0.15) is 34.9 Å². The molecule has 34 heavy (non-hydrogen) atoms. The van der Waals surface area contributed by atoms with E-state index in [1.807, 2.05) is 60.7 Å². The zero-order chi connectivity index (χ0) is 23.5. The number of hydrogen-bond donors (Lipinski definition) is 1. The number of carbonyl (C=O) groups is 2. The molecule has 2 aromatic carbocycles. The molecular weight excluding hydrogens is 452 g/mol. The molecule has 0 radical (unpaired) electrons. The average Bonchev–Trinajstić information content (AvgIpc) is 3.45. The van der Waals surface area contributed by atoms with Gasteiger partial charge in [0.15, 0.2) is 12.3 Å². The van der Waals surface area contributed by atoms with E-state index in [0.717, 1.165) is 35.5 Å². The van der Waals surface area contributed by atoms with Crippen LogP contribution in [0.15, 0.2) is 66.0 Å². The van der Waals surface area contributed by atoms with Crippen LogP contribution < -0.4 is 10.1 Å². The molecule has 2 heterocycles. The fourth-order valence-corrected chi connectivity index (χ4v) is 4.25. The minimum absolute atomic E-state index is 0.161. The number of methoxy groups -OCH3 is 1. The number of aromatic nitrogens is 3. The van der Waals surface area contributed by atoms with Gasteiger partial charge in [-0.25, -0.2) is 14.5 Å². The molecule has 0 saturated heterocycles. The zero-order valence-electron chi connectivity index (χ0n) is 18.4. The van der Waals surface area contributed by atoms with Gasteiger partial charge in [0.05, 0.1) is 18.5 Å². The monoisotopic (exact) mass is 474 g/mol. The Kier molecular flexibility index (Phi) is 6.09. The van der Waals surface area contributed by atoms with E-state index in [0.29, 0.717) is 16.7 Å². The van der Waals surface area contributed by atoms with Crippen molar-refractivity contribution in [1.82, 2.24) is 14.8 Å². The highest BCUT2D eigenvalue weighted by molar-refractivity contribution is 7.13. The van der Waals surface area contributed by atoms with Crippen molar-refractivity contribution in [3.05, 3.63) is 77.4 Å². The highest BCUT2D eigenvalue weighted by atomic mass is 32.1. The minimum Gasteiger partial charge on any atom is -0.497 e. The Morgan fingerprint density at radius 3 is 2.59 bits per heavy atom. The first-order valence-electron chi connectivity index (χ1n) is 10.8. The maximum Gasteiger partial charge on any atom is 0.358 e. The molecule has 1 saturated carbocycles. The van der Waals surface area contributed by atoms with Crippen LogP contribution in [-0.2, 0) is 9.53 Å². The number of hydrogen-bond acceptors (Lipinski definition) is 7. The maximum atomic E-state index is 12.6. The van der Waals surface area contributed by atoms with Gasteiger partial charge in [-0.15, -0.1) is 11.3 Å². The molecular formula is C25H22N4O4S.